The van der Waals surface area contributed by atoms with Gasteiger partial charge >= 0.3 is 12.1 Å². The minimum atomic E-state index is -0.829. The summed E-state index contributed by atoms with van der Waals surface area (Å²) in [5.41, 5.74) is 1.21. The quantitative estimate of drug-likeness (QED) is 0.220. The zero-order valence-electron chi connectivity index (χ0n) is 19.2. The number of carbonyl (C=O) groups excluding carboxylic acids is 2. The molecule has 0 saturated heterocycles. The second-order valence-corrected chi connectivity index (χ2v) is 8.18. The summed E-state index contributed by atoms with van der Waals surface area (Å²) in [6, 6.07) is 14.9. The summed E-state index contributed by atoms with van der Waals surface area (Å²) in [4.78, 5) is 28.6. The van der Waals surface area contributed by atoms with E-state index >= 15 is 0 Å². The van der Waals surface area contributed by atoms with Crippen LogP contribution in [0.2, 0.25) is 0 Å². The van der Waals surface area contributed by atoms with Crippen molar-refractivity contribution in [2.45, 2.75) is 0 Å². The largest absolute Gasteiger partial charge is 0.506 e. The molecule has 4 N–H and O–H groups in total. The van der Waals surface area contributed by atoms with E-state index in [9.17, 15) is 14.7 Å². The van der Waals surface area contributed by atoms with Gasteiger partial charge in [0.25, 0.3) is 0 Å². The van der Waals surface area contributed by atoms with Gasteiger partial charge in [-0.05, 0) is 52.3 Å². The third-order valence-corrected chi connectivity index (χ3v) is 5.69. The molecule has 0 fully saturated rings. The van der Waals surface area contributed by atoms with Crippen molar-refractivity contribution >= 4 is 50.3 Å². The topological polar surface area (TPSA) is 131 Å². The standard InChI is InChI=1S/C25H21BrN4O6/c1-34-22-12-15-19(13-23(22)35-2)27-10-9-21(15)36-14-7-8-18(20(31)11-14)29-25(33)30-24(32)28-17-6-4-3-5-16(17)26/h3-13,31H,1-2H3,(H3,28,29,30,32,33). The fraction of sp³-hybridized carbons (Fsp3) is 0.0800. The van der Waals surface area contributed by atoms with Crippen LogP contribution in [0.15, 0.2) is 71.3 Å². The van der Waals surface area contributed by atoms with Crippen LogP contribution in [0.4, 0.5) is 21.0 Å². The second-order valence-electron chi connectivity index (χ2n) is 7.33. The SMILES string of the molecule is COc1cc2nccc(Oc3ccc(NC(=O)NC(=O)Nc4ccccc4Br)c(O)c3)c2cc1OC. The Morgan fingerprint density at radius 1 is 0.861 bits per heavy atom. The molecule has 0 radical (unpaired) electrons. The van der Waals surface area contributed by atoms with Gasteiger partial charge in [-0.2, -0.15) is 0 Å². The zero-order valence-corrected chi connectivity index (χ0v) is 20.8. The number of para-hydroxylation sites is 1. The first-order valence-corrected chi connectivity index (χ1v) is 11.3. The number of nitrogens with one attached hydrogen (secondary N) is 3. The van der Waals surface area contributed by atoms with E-state index in [2.05, 4.69) is 36.9 Å². The Labute approximate surface area is 214 Å². The minimum absolute atomic E-state index is 0.0829. The number of aromatic nitrogens is 1. The molecule has 184 valence electrons. The van der Waals surface area contributed by atoms with Crippen LogP contribution in [0.3, 0.4) is 0 Å². The molecule has 10 nitrogen and oxygen atoms in total. The number of rotatable bonds is 6. The van der Waals surface area contributed by atoms with Crippen LogP contribution in [0, 0.1) is 0 Å². The Morgan fingerprint density at radius 2 is 1.56 bits per heavy atom. The number of pyridine rings is 1. The molecular weight excluding hydrogens is 532 g/mol. The van der Waals surface area contributed by atoms with E-state index in [0.717, 1.165) is 0 Å². The van der Waals surface area contributed by atoms with E-state index in [1.54, 1.807) is 54.7 Å². The fourth-order valence-corrected chi connectivity index (χ4v) is 3.70. The maximum absolute atomic E-state index is 12.2. The Kier molecular flexibility index (Phi) is 7.40. The smallest absolute Gasteiger partial charge is 0.327 e. The van der Waals surface area contributed by atoms with Crippen LogP contribution in [0.5, 0.6) is 28.7 Å². The summed E-state index contributed by atoms with van der Waals surface area (Å²) in [7, 11) is 3.07. The number of phenolic OH excluding ortho intramolecular Hbond substituents is 1. The van der Waals surface area contributed by atoms with Gasteiger partial charge < -0.3 is 30.0 Å². The van der Waals surface area contributed by atoms with Crippen LogP contribution < -0.4 is 30.2 Å². The monoisotopic (exact) mass is 552 g/mol. The van der Waals surface area contributed by atoms with Crippen LogP contribution in [0.25, 0.3) is 10.9 Å². The number of methoxy groups -OCH3 is 2. The van der Waals surface area contributed by atoms with Gasteiger partial charge in [0.1, 0.15) is 17.2 Å². The highest BCUT2D eigenvalue weighted by Gasteiger charge is 2.14. The summed E-state index contributed by atoms with van der Waals surface area (Å²) in [6.45, 7) is 0. The van der Waals surface area contributed by atoms with Crippen molar-refractivity contribution in [2.24, 2.45) is 0 Å². The first kappa shape index (κ1) is 24.6. The molecule has 0 unspecified atom stereocenters. The van der Waals surface area contributed by atoms with Gasteiger partial charge in [-0.15, -0.1) is 0 Å². The summed E-state index contributed by atoms with van der Waals surface area (Å²) in [5.74, 6) is 1.58. The molecular formula is C25H21BrN4O6. The molecule has 1 heterocycles. The highest BCUT2D eigenvalue weighted by molar-refractivity contribution is 9.10. The third-order valence-electron chi connectivity index (χ3n) is 5.00. The highest BCUT2D eigenvalue weighted by Crippen LogP contribution is 2.38. The molecule has 36 heavy (non-hydrogen) atoms. The van der Waals surface area contributed by atoms with E-state index in [1.807, 2.05) is 0 Å². The maximum Gasteiger partial charge on any atom is 0.327 e. The Bertz CT molecular complexity index is 1450. The predicted molar refractivity (Wildman–Crippen MR) is 138 cm³/mol. The molecule has 0 aliphatic heterocycles. The number of aromatic hydroxyl groups is 1. The molecule has 0 spiro atoms. The Balaban J connectivity index is 1.45. The van der Waals surface area contributed by atoms with Gasteiger partial charge in [-0.25, -0.2) is 9.59 Å². The van der Waals surface area contributed by atoms with E-state index in [0.29, 0.717) is 44.1 Å². The number of ether oxygens (including phenoxy) is 3. The molecule has 4 rings (SSSR count). The van der Waals surface area contributed by atoms with E-state index in [4.69, 9.17) is 14.2 Å². The van der Waals surface area contributed by atoms with Crippen molar-refractivity contribution in [1.82, 2.24) is 10.3 Å². The molecule has 4 aromatic rings. The summed E-state index contributed by atoms with van der Waals surface area (Å²) < 4.78 is 17.3. The lowest BCUT2D eigenvalue weighted by Crippen LogP contribution is -2.37. The third kappa shape index (κ3) is 5.58. The number of halogens is 1. The number of anilines is 2. The number of hydrogen-bond acceptors (Lipinski definition) is 7. The Morgan fingerprint density at radius 3 is 2.25 bits per heavy atom. The number of phenols is 1. The molecule has 0 atom stereocenters. The molecule has 3 aromatic carbocycles. The van der Waals surface area contributed by atoms with Crippen LogP contribution in [-0.4, -0.2) is 36.4 Å². The number of imide groups is 1. The van der Waals surface area contributed by atoms with Crippen molar-refractivity contribution in [2.75, 3.05) is 24.9 Å². The van der Waals surface area contributed by atoms with Gasteiger partial charge in [0.15, 0.2) is 11.5 Å². The van der Waals surface area contributed by atoms with Crippen molar-refractivity contribution < 1.29 is 28.9 Å². The lowest BCUT2D eigenvalue weighted by Gasteiger charge is -2.13. The van der Waals surface area contributed by atoms with Gasteiger partial charge in [0.05, 0.1) is 31.1 Å². The number of urea groups is 2. The number of benzene rings is 3. The lowest BCUT2D eigenvalue weighted by molar-refractivity contribution is 0.240. The van der Waals surface area contributed by atoms with E-state index < -0.39 is 12.1 Å². The summed E-state index contributed by atoms with van der Waals surface area (Å²) in [6.07, 6.45) is 1.59. The van der Waals surface area contributed by atoms with Crippen LogP contribution in [0.1, 0.15) is 0 Å². The van der Waals surface area contributed by atoms with Crippen molar-refractivity contribution in [3.63, 3.8) is 0 Å². The van der Waals surface area contributed by atoms with Gasteiger partial charge in [0.2, 0.25) is 0 Å². The summed E-state index contributed by atoms with van der Waals surface area (Å²) >= 11 is 3.31. The number of amides is 4. The molecule has 0 saturated carbocycles. The van der Waals surface area contributed by atoms with Crippen LogP contribution in [-0.2, 0) is 0 Å². The molecule has 0 aliphatic carbocycles. The molecule has 1 aromatic heterocycles. The lowest BCUT2D eigenvalue weighted by atomic mass is 10.2. The van der Waals surface area contributed by atoms with Crippen molar-refractivity contribution in [3.05, 3.63) is 71.3 Å². The average Bonchev–Trinajstić information content (AvgIpc) is 2.86. The number of fused-ring (bicyclic) bond motifs is 1. The normalized spacial score (nSPS) is 10.4. The van der Waals surface area contributed by atoms with E-state index in [-0.39, 0.29) is 11.4 Å². The molecule has 4 amide bonds. The molecule has 11 heteroatoms. The van der Waals surface area contributed by atoms with Crippen molar-refractivity contribution in [1.29, 1.82) is 0 Å². The first-order valence-electron chi connectivity index (χ1n) is 10.5. The minimum Gasteiger partial charge on any atom is -0.506 e. The maximum atomic E-state index is 12.2. The number of carbonyl (C=O) groups is 2. The molecule has 0 aliphatic rings. The first-order chi connectivity index (χ1) is 17.4. The fourth-order valence-electron chi connectivity index (χ4n) is 3.32. The number of nitrogens with zero attached hydrogens (tertiary/aromatic N) is 1. The number of hydrogen-bond donors (Lipinski definition) is 4. The summed E-state index contributed by atoms with van der Waals surface area (Å²) in [5, 5.41) is 18.2. The van der Waals surface area contributed by atoms with Gasteiger partial charge in [-0.3, -0.25) is 10.3 Å². The second kappa shape index (κ2) is 10.8. The Hall–Kier alpha value is -4.51. The predicted octanol–water partition coefficient (Wildman–Crippen LogP) is 5.87. The van der Waals surface area contributed by atoms with Crippen molar-refractivity contribution in [3.8, 4) is 28.7 Å². The average molecular weight is 553 g/mol. The van der Waals surface area contributed by atoms with E-state index in [1.165, 1.54) is 26.4 Å². The molecule has 0 bridgehead atoms. The van der Waals surface area contributed by atoms with Gasteiger partial charge in [0, 0.05) is 28.2 Å². The highest BCUT2D eigenvalue weighted by atomic mass is 79.9. The van der Waals surface area contributed by atoms with Crippen LogP contribution >= 0.6 is 15.9 Å². The van der Waals surface area contributed by atoms with Gasteiger partial charge in [-0.1, -0.05) is 12.1 Å². The zero-order chi connectivity index (χ0) is 25.7.